The second-order valence-electron chi connectivity index (χ2n) is 16.0. The van der Waals surface area contributed by atoms with Crippen LogP contribution >= 0.6 is 7.82 Å². The van der Waals surface area contributed by atoms with Crippen molar-refractivity contribution in [1.29, 1.82) is 0 Å². The van der Waals surface area contributed by atoms with E-state index in [1.165, 1.54) is 64.2 Å². The van der Waals surface area contributed by atoms with E-state index < -0.39 is 20.0 Å². The van der Waals surface area contributed by atoms with Crippen LogP contribution in [0.25, 0.3) is 0 Å². The van der Waals surface area contributed by atoms with Crippen LogP contribution in [-0.4, -0.2) is 73.4 Å². The molecule has 0 aromatic heterocycles. The molecule has 0 saturated heterocycles. The Hall–Kier alpha value is -2.32. The number of phosphoric acid groups is 1. The van der Waals surface area contributed by atoms with Gasteiger partial charge in [0.2, 0.25) is 5.91 Å². The van der Waals surface area contributed by atoms with Gasteiger partial charge in [-0.3, -0.25) is 13.8 Å². The third-order valence-corrected chi connectivity index (χ3v) is 10.3. The number of allylic oxidation sites excluding steroid dienone is 13. The summed E-state index contributed by atoms with van der Waals surface area (Å²) in [6.07, 6.45) is 53.9. The highest BCUT2D eigenvalue weighted by Gasteiger charge is 2.27. The Morgan fingerprint density at radius 1 is 0.596 bits per heavy atom. The van der Waals surface area contributed by atoms with Gasteiger partial charge in [0.25, 0.3) is 0 Å². The number of carbonyl (C=O) groups excluding carboxylic acids is 1. The molecule has 0 aliphatic carbocycles. The fraction of sp³-hybridized carbons (Fsp3) is 0.688. The lowest BCUT2D eigenvalue weighted by atomic mass is 10.0. The molecule has 0 bridgehead atoms. The molecule has 57 heavy (non-hydrogen) atoms. The maximum absolute atomic E-state index is 12.8. The number of nitrogens with one attached hydrogen (secondary N) is 1. The van der Waals surface area contributed by atoms with E-state index in [1.807, 2.05) is 27.2 Å². The number of aliphatic hydroxyl groups is 1. The number of amides is 1. The number of carbonyl (C=O) groups is 1. The van der Waals surface area contributed by atoms with Gasteiger partial charge in [0.15, 0.2) is 0 Å². The third-order valence-electron chi connectivity index (χ3n) is 9.34. The van der Waals surface area contributed by atoms with Gasteiger partial charge in [0.1, 0.15) is 13.2 Å². The first kappa shape index (κ1) is 54.7. The van der Waals surface area contributed by atoms with E-state index in [0.29, 0.717) is 17.4 Å². The average molecular weight is 818 g/mol. The molecule has 0 saturated carbocycles. The van der Waals surface area contributed by atoms with Crippen molar-refractivity contribution in [3.05, 3.63) is 85.1 Å². The van der Waals surface area contributed by atoms with E-state index in [-0.39, 0.29) is 19.1 Å². The zero-order valence-electron chi connectivity index (χ0n) is 37.0. The van der Waals surface area contributed by atoms with E-state index in [0.717, 1.165) is 77.0 Å². The molecule has 3 N–H and O–H groups in total. The Bertz CT molecular complexity index is 1200. The van der Waals surface area contributed by atoms with Crippen LogP contribution in [0.2, 0.25) is 0 Å². The molecule has 0 rings (SSSR count). The summed E-state index contributed by atoms with van der Waals surface area (Å²) in [5.74, 6) is -0.201. The number of phosphoric ester groups is 1. The number of nitrogens with zero attached hydrogens (tertiary/aromatic N) is 1. The van der Waals surface area contributed by atoms with E-state index in [1.54, 1.807) is 6.08 Å². The first-order valence-electron chi connectivity index (χ1n) is 22.5. The molecule has 3 unspecified atom stereocenters. The van der Waals surface area contributed by atoms with Crippen LogP contribution in [0.15, 0.2) is 85.1 Å². The summed E-state index contributed by atoms with van der Waals surface area (Å²) in [5, 5.41) is 13.7. The van der Waals surface area contributed by atoms with Gasteiger partial charge in [-0.25, -0.2) is 4.57 Å². The van der Waals surface area contributed by atoms with Gasteiger partial charge in [-0.2, -0.15) is 0 Å². The van der Waals surface area contributed by atoms with Gasteiger partial charge in [-0.15, -0.1) is 0 Å². The highest BCUT2D eigenvalue weighted by molar-refractivity contribution is 7.47. The smallest absolute Gasteiger partial charge is 0.387 e. The lowest BCUT2D eigenvalue weighted by Gasteiger charge is -2.25. The van der Waals surface area contributed by atoms with Crippen molar-refractivity contribution in [2.75, 3.05) is 40.9 Å². The van der Waals surface area contributed by atoms with Crippen molar-refractivity contribution in [2.45, 2.75) is 174 Å². The summed E-state index contributed by atoms with van der Waals surface area (Å²) >= 11 is 0. The van der Waals surface area contributed by atoms with E-state index in [2.05, 4.69) is 92.1 Å². The van der Waals surface area contributed by atoms with Crippen LogP contribution in [0.4, 0.5) is 0 Å². The van der Waals surface area contributed by atoms with Gasteiger partial charge in [-0.05, 0) is 77.0 Å². The van der Waals surface area contributed by atoms with Crippen LogP contribution in [0.5, 0.6) is 0 Å². The molecule has 0 aliphatic rings. The predicted octanol–water partition coefficient (Wildman–Crippen LogP) is 12.6. The Kier molecular flexibility index (Phi) is 37.6. The third kappa shape index (κ3) is 41.6. The average Bonchev–Trinajstić information content (AvgIpc) is 3.16. The summed E-state index contributed by atoms with van der Waals surface area (Å²) < 4.78 is 23.5. The van der Waals surface area contributed by atoms with Gasteiger partial charge in [-0.1, -0.05) is 163 Å². The van der Waals surface area contributed by atoms with E-state index >= 15 is 0 Å². The summed E-state index contributed by atoms with van der Waals surface area (Å²) in [5.41, 5.74) is 0. The maximum atomic E-state index is 12.8. The van der Waals surface area contributed by atoms with Gasteiger partial charge < -0.3 is 19.8 Å². The highest BCUT2D eigenvalue weighted by atomic mass is 31.2. The minimum atomic E-state index is -4.35. The summed E-state index contributed by atoms with van der Waals surface area (Å²) in [4.78, 5) is 23.1. The molecular formula is C48H86N2O6P+. The Labute approximate surface area is 350 Å². The fourth-order valence-corrected chi connectivity index (χ4v) is 6.57. The Morgan fingerprint density at radius 2 is 1.02 bits per heavy atom. The minimum absolute atomic E-state index is 0.0490. The van der Waals surface area contributed by atoms with Gasteiger partial charge in [0.05, 0.1) is 39.9 Å². The molecule has 0 fully saturated rings. The second-order valence-corrected chi connectivity index (χ2v) is 17.4. The number of likely N-dealkylation sites (N-methyl/N-ethyl adjacent to an activating group) is 1. The number of unbranched alkanes of at least 4 members (excludes halogenated alkanes) is 14. The first-order valence-corrected chi connectivity index (χ1v) is 24.0. The SMILES string of the molecule is CC/C=C\C/C=C\C/C=C\C/C=C\CCCCCCCCCCCCCCC(=O)NC(COP(=O)(O)OCC[N+](C)(C)C)C(O)/C=C/CC/C=C/CC/C=C/CC. The number of hydrogen-bond acceptors (Lipinski definition) is 5. The van der Waals surface area contributed by atoms with Crippen molar-refractivity contribution in [2.24, 2.45) is 0 Å². The molecule has 0 radical (unpaired) electrons. The van der Waals surface area contributed by atoms with Gasteiger partial charge >= 0.3 is 7.82 Å². The quantitative estimate of drug-likeness (QED) is 0.0247. The minimum Gasteiger partial charge on any atom is -0.387 e. The van der Waals surface area contributed by atoms with Crippen molar-refractivity contribution >= 4 is 13.7 Å². The van der Waals surface area contributed by atoms with Crippen LogP contribution in [0.3, 0.4) is 0 Å². The Balaban J connectivity index is 4.25. The monoisotopic (exact) mass is 818 g/mol. The largest absolute Gasteiger partial charge is 0.472 e. The first-order chi connectivity index (χ1) is 27.5. The molecule has 0 spiro atoms. The normalized spacial score (nSPS) is 15.1. The van der Waals surface area contributed by atoms with Gasteiger partial charge in [0, 0.05) is 6.42 Å². The highest BCUT2D eigenvalue weighted by Crippen LogP contribution is 2.43. The van der Waals surface area contributed by atoms with E-state index in [9.17, 15) is 19.4 Å². The summed E-state index contributed by atoms with van der Waals surface area (Å²) in [6, 6.07) is -0.873. The van der Waals surface area contributed by atoms with Crippen molar-refractivity contribution in [3.8, 4) is 0 Å². The molecule has 0 aromatic carbocycles. The number of quaternary nitrogens is 1. The molecule has 8 nitrogen and oxygen atoms in total. The standard InChI is InChI=1S/C48H85N2O6P/c1-6-8-10-12-14-16-18-19-20-21-22-23-24-25-26-27-28-29-30-31-32-34-36-38-40-42-48(52)49-46(45-56-57(53,54)55-44-43-50(3,4)5)47(51)41-39-37-35-33-17-15-13-11-9-7-2/h8-11,14,16-17,19-20,22-23,33,39,41,46-47,51H,6-7,12-13,15,18,21,24-32,34-38,40,42-45H2,1-5H3,(H-,49,52,53,54)/p+1/b10-8-,11-9+,16-14-,20-19-,23-22-,33-17+,41-39+. The molecule has 1 amide bonds. The van der Waals surface area contributed by atoms with E-state index in [4.69, 9.17) is 9.05 Å². The van der Waals surface area contributed by atoms with Crippen molar-refractivity contribution in [3.63, 3.8) is 0 Å². The molecule has 0 aromatic rings. The second kappa shape index (κ2) is 39.2. The summed E-state index contributed by atoms with van der Waals surface area (Å²) in [7, 11) is 1.53. The van der Waals surface area contributed by atoms with Crippen LogP contribution in [0.1, 0.15) is 162 Å². The lowest BCUT2D eigenvalue weighted by molar-refractivity contribution is -0.870. The maximum Gasteiger partial charge on any atom is 0.472 e. The zero-order chi connectivity index (χ0) is 42.1. The predicted molar refractivity (Wildman–Crippen MR) is 244 cm³/mol. The van der Waals surface area contributed by atoms with Crippen LogP contribution in [-0.2, 0) is 18.4 Å². The van der Waals surface area contributed by atoms with Crippen LogP contribution in [0, 0.1) is 0 Å². The molecule has 9 heteroatoms. The lowest BCUT2D eigenvalue weighted by Crippen LogP contribution is -2.45. The fourth-order valence-electron chi connectivity index (χ4n) is 5.83. The molecular weight excluding hydrogens is 732 g/mol. The number of rotatable bonds is 39. The number of hydrogen-bond donors (Lipinski definition) is 3. The van der Waals surface area contributed by atoms with Crippen molar-refractivity contribution < 1.29 is 32.9 Å². The molecule has 0 heterocycles. The topological polar surface area (TPSA) is 105 Å². The molecule has 3 atom stereocenters. The summed E-state index contributed by atoms with van der Waals surface area (Å²) in [6.45, 7) is 4.52. The van der Waals surface area contributed by atoms with Crippen molar-refractivity contribution in [1.82, 2.24) is 5.32 Å². The molecule has 0 aliphatic heterocycles. The number of aliphatic hydroxyl groups excluding tert-OH is 1. The zero-order valence-corrected chi connectivity index (χ0v) is 37.9. The molecule has 328 valence electrons. The Morgan fingerprint density at radius 3 is 1.54 bits per heavy atom. The van der Waals surface area contributed by atoms with Crippen LogP contribution < -0.4 is 5.32 Å².